The van der Waals surface area contributed by atoms with Crippen LogP contribution in [0.1, 0.15) is 11.1 Å². The van der Waals surface area contributed by atoms with Crippen LogP contribution in [0, 0.1) is 6.92 Å². The van der Waals surface area contributed by atoms with Crippen molar-refractivity contribution in [3.05, 3.63) is 72.2 Å². The molecule has 0 unspecified atom stereocenters. The number of aromatic amines is 1. The lowest BCUT2D eigenvalue weighted by Gasteiger charge is -2.06. The maximum Gasteiger partial charge on any atom is 0.416 e. The van der Waals surface area contributed by atoms with E-state index in [1.54, 1.807) is 18.6 Å². The highest BCUT2D eigenvalue weighted by Crippen LogP contribution is 2.35. The molecule has 29 heavy (non-hydrogen) atoms. The summed E-state index contributed by atoms with van der Waals surface area (Å²) in [5.41, 5.74) is 9.40. The Morgan fingerprint density at radius 3 is 2.24 bits per heavy atom. The fourth-order valence-corrected chi connectivity index (χ4v) is 2.98. The zero-order valence-corrected chi connectivity index (χ0v) is 15.3. The Balaban J connectivity index is 1.84. The number of H-pyrrole nitrogens is 1. The topological polar surface area (TPSA) is 80.5 Å². The van der Waals surface area contributed by atoms with Crippen molar-refractivity contribution in [2.75, 3.05) is 5.73 Å². The number of rotatable bonds is 3. The molecule has 0 amide bonds. The molecular formula is C21H16F3N5. The Bertz CT molecular complexity index is 1150. The number of nitrogen functional groups attached to an aromatic ring is 1. The van der Waals surface area contributed by atoms with Gasteiger partial charge in [0.05, 0.1) is 17.0 Å². The summed E-state index contributed by atoms with van der Waals surface area (Å²) in [7, 11) is 0. The van der Waals surface area contributed by atoms with E-state index in [1.807, 2.05) is 25.1 Å². The van der Waals surface area contributed by atoms with Crippen molar-refractivity contribution in [3.63, 3.8) is 0 Å². The number of nitrogens with two attached hydrogens (primary N) is 1. The highest BCUT2D eigenvalue weighted by Gasteiger charge is 2.30. The first-order valence-corrected chi connectivity index (χ1v) is 8.73. The van der Waals surface area contributed by atoms with Gasteiger partial charge in [0.2, 0.25) is 0 Å². The van der Waals surface area contributed by atoms with Crippen LogP contribution in [-0.2, 0) is 6.18 Å². The third-order valence-electron chi connectivity index (χ3n) is 4.55. The molecule has 8 heteroatoms. The zero-order chi connectivity index (χ0) is 20.6. The van der Waals surface area contributed by atoms with E-state index in [0.29, 0.717) is 28.6 Å². The van der Waals surface area contributed by atoms with Gasteiger partial charge in [0.15, 0.2) is 0 Å². The number of hydrogen-bond donors (Lipinski definition) is 2. The number of aromatic nitrogens is 4. The van der Waals surface area contributed by atoms with Crippen LogP contribution in [0.2, 0.25) is 0 Å². The molecule has 0 atom stereocenters. The molecule has 0 aliphatic heterocycles. The van der Waals surface area contributed by atoms with Gasteiger partial charge in [-0.3, -0.25) is 4.98 Å². The lowest BCUT2D eigenvalue weighted by atomic mass is 10.1. The second-order valence-electron chi connectivity index (χ2n) is 6.55. The van der Waals surface area contributed by atoms with Crippen LogP contribution >= 0.6 is 0 Å². The van der Waals surface area contributed by atoms with Gasteiger partial charge in [-0.2, -0.15) is 13.2 Å². The summed E-state index contributed by atoms with van der Waals surface area (Å²) in [6, 6.07) is 10.4. The number of halogens is 3. The number of aryl methyl sites for hydroxylation is 1. The van der Waals surface area contributed by atoms with Crippen LogP contribution in [0.4, 0.5) is 19.0 Å². The molecule has 1 aromatic carbocycles. The van der Waals surface area contributed by atoms with E-state index in [1.165, 1.54) is 12.1 Å². The molecule has 0 saturated carbocycles. The average molecular weight is 395 g/mol. The first-order valence-electron chi connectivity index (χ1n) is 8.73. The molecule has 0 bridgehead atoms. The van der Waals surface area contributed by atoms with Gasteiger partial charge in [0, 0.05) is 35.3 Å². The van der Waals surface area contributed by atoms with E-state index < -0.39 is 11.7 Å². The minimum absolute atomic E-state index is 0.428. The minimum Gasteiger partial charge on any atom is -0.383 e. The van der Waals surface area contributed by atoms with Crippen LogP contribution in [0.25, 0.3) is 33.9 Å². The largest absolute Gasteiger partial charge is 0.416 e. The summed E-state index contributed by atoms with van der Waals surface area (Å²) in [5.74, 6) is 0.882. The summed E-state index contributed by atoms with van der Waals surface area (Å²) in [6.07, 6.45) is 0.552. The van der Waals surface area contributed by atoms with E-state index in [9.17, 15) is 13.2 Å². The minimum atomic E-state index is -4.39. The molecule has 0 radical (unpaired) electrons. The number of imidazole rings is 1. The lowest BCUT2D eigenvalue weighted by Crippen LogP contribution is -2.04. The van der Waals surface area contributed by atoms with Gasteiger partial charge in [0.1, 0.15) is 11.6 Å². The van der Waals surface area contributed by atoms with Crippen LogP contribution in [0.5, 0.6) is 0 Å². The number of nitrogens with one attached hydrogen (secondary N) is 1. The maximum absolute atomic E-state index is 12.9. The van der Waals surface area contributed by atoms with Crippen molar-refractivity contribution in [1.29, 1.82) is 0 Å². The smallest absolute Gasteiger partial charge is 0.383 e. The second-order valence-corrected chi connectivity index (χ2v) is 6.55. The van der Waals surface area contributed by atoms with Crippen molar-refractivity contribution in [2.45, 2.75) is 13.1 Å². The predicted octanol–water partition coefficient (Wildman–Crippen LogP) is 5.11. The Morgan fingerprint density at radius 2 is 1.62 bits per heavy atom. The molecule has 0 fully saturated rings. The van der Waals surface area contributed by atoms with Gasteiger partial charge in [-0.05, 0) is 42.8 Å². The molecular weight excluding hydrogens is 379 g/mol. The average Bonchev–Trinajstić information content (AvgIpc) is 3.16. The highest BCUT2D eigenvalue weighted by atomic mass is 19.4. The Hall–Kier alpha value is -3.68. The summed E-state index contributed by atoms with van der Waals surface area (Å²) in [6.45, 7) is 1.85. The summed E-state index contributed by atoms with van der Waals surface area (Å²) < 4.78 is 38.6. The third kappa shape index (κ3) is 3.69. The normalized spacial score (nSPS) is 11.6. The standard InChI is InChI=1S/C21H16F3N5/c1-12-10-15(11-27-19(12)25)18-17(13-6-8-26-9-7-13)28-20(29-18)14-2-4-16(5-3-14)21(22,23)24/h2-11H,1H3,(H2,25,27)(H,28,29). The number of hydrogen-bond acceptors (Lipinski definition) is 4. The predicted molar refractivity (Wildman–Crippen MR) is 105 cm³/mol. The molecule has 3 heterocycles. The molecule has 3 aromatic heterocycles. The van der Waals surface area contributed by atoms with Crippen LogP contribution in [0.15, 0.2) is 61.1 Å². The molecule has 3 N–H and O–H groups in total. The van der Waals surface area contributed by atoms with Crippen LogP contribution in [0.3, 0.4) is 0 Å². The zero-order valence-electron chi connectivity index (χ0n) is 15.3. The first-order chi connectivity index (χ1) is 13.8. The molecule has 5 nitrogen and oxygen atoms in total. The number of anilines is 1. The van der Waals surface area contributed by atoms with Crippen molar-refractivity contribution < 1.29 is 13.2 Å². The van der Waals surface area contributed by atoms with E-state index in [2.05, 4.69) is 19.9 Å². The molecule has 4 aromatic rings. The van der Waals surface area contributed by atoms with Gasteiger partial charge in [0.25, 0.3) is 0 Å². The van der Waals surface area contributed by atoms with E-state index in [0.717, 1.165) is 28.8 Å². The lowest BCUT2D eigenvalue weighted by molar-refractivity contribution is -0.137. The summed E-state index contributed by atoms with van der Waals surface area (Å²) in [5, 5.41) is 0. The van der Waals surface area contributed by atoms with Gasteiger partial charge >= 0.3 is 6.18 Å². The van der Waals surface area contributed by atoms with E-state index in [-0.39, 0.29) is 0 Å². The molecule has 4 rings (SSSR count). The van der Waals surface area contributed by atoms with Crippen molar-refractivity contribution in [1.82, 2.24) is 19.9 Å². The van der Waals surface area contributed by atoms with Crippen molar-refractivity contribution >= 4 is 5.82 Å². The maximum atomic E-state index is 12.9. The first kappa shape index (κ1) is 18.7. The van der Waals surface area contributed by atoms with Crippen molar-refractivity contribution in [3.8, 4) is 33.9 Å². The molecule has 0 aliphatic rings. The van der Waals surface area contributed by atoms with E-state index >= 15 is 0 Å². The molecule has 0 aliphatic carbocycles. The SMILES string of the molecule is Cc1cc(-c2nc(-c3ccc(C(F)(F)F)cc3)[nH]c2-c2ccncc2)cnc1N. The number of nitrogens with zero attached hydrogens (tertiary/aromatic N) is 3. The molecule has 0 spiro atoms. The number of benzene rings is 1. The van der Waals surface area contributed by atoms with Gasteiger partial charge < -0.3 is 10.7 Å². The fraction of sp³-hybridized carbons (Fsp3) is 0.0952. The van der Waals surface area contributed by atoms with Gasteiger partial charge in [-0.15, -0.1) is 0 Å². The van der Waals surface area contributed by atoms with E-state index in [4.69, 9.17) is 5.73 Å². The Morgan fingerprint density at radius 1 is 0.931 bits per heavy atom. The molecule has 146 valence electrons. The third-order valence-corrected chi connectivity index (χ3v) is 4.55. The second kappa shape index (κ2) is 7.05. The monoisotopic (exact) mass is 395 g/mol. The van der Waals surface area contributed by atoms with Gasteiger partial charge in [-0.25, -0.2) is 9.97 Å². The van der Waals surface area contributed by atoms with Crippen LogP contribution < -0.4 is 5.73 Å². The molecule has 0 saturated heterocycles. The number of pyridine rings is 2. The summed E-state index contributed by atoms with van der Waals surface area (Å²) in [4.78, 5) is 16.1. The van der Waals surface area contributed by atoms with Gasteiger partial charge in [-0.1, -0.05) is 12.1 Å². The number of alkyl halides is 3. The van der Waals surface area contributed by atoms with Crippen LogP contribution in [-0.4, -0.2) is 19.9 Å². The Kier molecular flexibility index (Phi) is 4.54. The van der Waals surface area contributed by atoms with Crippen molar-refractivity contribution in [2.24, 2.45) is 0 Å². The summed E-state index contributed by atoms with van der Waals surface area (Å²) >= 11 is 0. The quantitative estimate of drug-likeness (QED) is 0.505. The highest BCUT2D eigenvalue weighted by molar-refractivity contribution is 5.81. The Labute approximate surface area is 164 Å². The fourth-order valence-electron chi connectivity index (χ4n) is 2.98.